The number of aromatic nitrogens is 3. The average molecular weight is 453 g/mol. The smallest absolute Gasteiger partial charge is 0.258 e. The molecule has 0 radical (unpaired) electrons. The fourth-order valence-electron chi connectivity index (χ4n) is 4.27. The number of halogens is 1. The van der Waals surface area contributed by atoms with E-state index in [4.69, 9.17) is 0 Å². The molecule has 0 spiro atoms. The van der Waals surface area contributed by atoms with Crippen molar-refractivity contribution in [3.63, 3.8) is 0 Å². The number of benzene rings is 1. The minimum atomic E-state index is -0.404. The van der Waals surface area contributed by atoms with Crippen LogP contribution in [0.2, 0.25) is 0 Å². The van der Waals surface area contributed by atoms with E-state index in [9.17, 15) is 14.0 Å². The molecule has 0 bridgehead atoms. The van der Waals surface area contributed by atoms with E-state index in [0.717, 1.165) is 50.7 Å². The number of nitrogens with one attached hydrogen (secondary N) is 3. The minimum absolute atomic E-state index is 0.0978. The first-order valence-electron chi connectivity index (χ1n) is 11.4. The molecule has 5 rings (SSSR count). The van der Waals surface area contributed by atoms with Crippen LogP contribution < -0.4 is 21.1 Å². The van der Waals surface area contributed by atoms with E-state index in [1.165, 1.54) is 25.0 Å². The molecule has 1 aliphatic heterocycles. The average Bonchev–Trinajstić information content (AvgIpc) is 3.40. The summed E-state index contributed by atoms with van der Waals surface area (Å²) in [5.41, 5.74) is 0.940. The molecule has 8 nitrogen and oxygen atoms in total. The van der Waals surface area contributed by atoms with E-state index in [-0.39, 0.29) is 11.5 Å². The zero-order valence-corrected chi connectivity index (χ0v) is 18.7. The number of amides is 1. The summed E-state index contributed by atoms with van der Waals surface area (Å²) in [7, 11) is 1.62. The Morgan fingerprint density at radius 2 is 1.91 bits per heavy atom. The van der Waals surface area contributed by atoms with Gasteiger partial charge in [0.1, 0.15) is 17.5 Å². The Hall–Kier alpha value is -3.33. The number of anilines is 1. The third kappa shape index (κ3) is 5.54. The number of fused-ring (bicyclic) bond motifs is 1. The van der Waals surface area contributed by atoms with Crippen LogP contribution >= 0.6 is 0 Å². The van der Waals surface area contributed by atoms with Crippen LogP contribution in [0.3, 0.4) is 0 Å². The highest BCUT2D eigenvalue weighted by Crippen LogP contribution is 2.31. The largest absolute Gasteiger partial charge is 0.355 e. The Kier molecular flexibility index (Phi) is 7.29. The Morgan fingerprint density at radius 1 is 1.15 bits per heavy atom. The maximum Gasteiger partial charge on any atom is 0.258 e. The molecule has 2 aromatic heterocycles. The third-order valence-corrected chi connectivity index (χ3v) is 6.11. The first kappa shape index (κ1) is 22.8. The van der Waals surface area contributed by atoms with Crippen LogP contribution in [0.1, 0.15) is 47.8 Å². The lowest BCUT2D eigenvalue weighted by molar-refractivity contribution is 0.0962. The van der Waals surface area contributed by atoms with E-state index < -0.39 is 5.82 Å². The lowest BCUT2D eigenvalue weighted by atomic mass is 10.1. The molecule has 2 aliphatic rings. The highest BCUT2D eigenvalue weighted by atomic mass is 19.1. The molecule has 9 heteroatoms. The normalized spacial score (nSPS) is 16.4. The van der Waals surface area contributed by atoms with Crippen LogP contribution in [0.4, 0.5) is 10.2 Å². The minimum Gasteiger partial charge on any atom is -0.355 e. The molecule has 0 atom stereocenters. The van der Waals surface area contributed by atoms with E-state index in [1.54, 1.807) is 19.3 Å². The highest BCUT2D eigenvalue weighted by Gasteiger charge is 2.20. The van der Waals surface area contributed by atoms with Crippen molar-refractivity contribution < 1.29 is 9.18 Å². The predicted octanol–water partition coefficient (Wildman–Crippen LogP) is 2.57. The number of pyridine rings is 1. The topological polar surface area (TPSA) is 103 Å². The summed E-state index contributed by atoms with van der Waals surface area (Å²) >= 11 is 0. The summed E-state index contributed by atoms with van der Waals surface area (Å²) in [6.07, 6.45) is 6.16. The fraction of sp³-hybridized carbons (Fsp3) is 0.417. The van der Waals surface area contributed by atoms with Crippen molar-refractivity contribution in [1.82, 2.24) is 25.6 Å². The summed E-state index contributed by atoms with van der Waals surface area (Å²) < 4.78 is 13.0. The Balaban J connectivity index is 0.000000157. The van der Waals surface area contributed by atoms with Crippen molar-refractivity contribution in [3.8, 4) is 0 Å². The Labute approximate surface area is 191 Å². The van der Waals surface area contributed by atoms with Gasteiger partial charge in [0.05, 0.1) is 16.5 Å². The monoisotopic (exact) mass is 452 g/mol. The zero-order chi connectivity index (χ0) is 23.2. The van der Waals surface area contributed by atoms with Crippen LogP contribution in [0.15, 0.2) is 41.3 Å². The van der Waals surface area contributed by atoms with E-state index >= 15 is 0 Å². The molecule has 3 N–H and O–H groups in total. The van der Waals surface area contributed by atoms with Gasteiger partial charge in [-0.1, -0.05) is 12.8 Å². The number of carbonyl (C=O) groups is 1. The Morgan fingerprint density at radius 3 is 2.58 bits per heavy atom. The van der Waals surface area contributed by atoms with Crippen LogP contribution in [0.25, 0.3) is 10.9 Å². The molecule has 1 aliphatic carbocycles. The molecule has 1 aromatic carbocycles. The third-order valence-electron chi connectivity index (χ3n) is 6.11. The van der Waals surface area contributed by atoms with Gasteiger partial charge in [0.2, 0.25) is 0 Å². The van der Waals surface area contributed by atoms with E-state index in [2.05, 4.69) is 30.5 Å². The second-order valence-corrected chi connectivity index (χ2v) is 8.32. The molecule has 3 aromatic rings. The van der Waals surface area contributed by atoms with Gasteiger partial charge in [-0.15, -0.1) is 0 Å². The zero-order valence-electron chi connectivity index (χ0n) is 18.7. The number of hydrogen-bond donors (Lipinski definition) is 3. The molecule has 174 valence electrons. The number of carbonyl (C=O) groups excluding carboxylic acids is 1. The maximum absolute atomic E-state index is 13.0. The number of rotatable bonds is 3. The number of piperazine rings is 1. The lowest BCUT2D eigenvalue weighted by Crippen LogP contribution is -2.43. The standard InChI is InChI=1S/C13H13FN2O.C11H16N4O/c14-9-5-6-11-10(7-9)13(17)16-12(15-11)8-3-1-2-4-8;1-12-11(16)9-2-3-10(14-8-9)15-6-4-13-5-7-15/h5-8H,1-4H2,(H,15,16,17);2-3,8,13H,4-7H2,1H3,(H,12,16). The van der Waals surface area contributed by atoms with Gasteiger partial charge in [0, 0.05) is 45.3 Å². The van der Waals surface area contributed by atoms with Crippen LogP contribution in [0, 0.1) is 5.82 Å². The van der Waals surface area contributed by atoms with Gasteiger partial charge in [-0.3, -0.25) is 9.59 Å². The molecule has 1 amide bonds. The molecular weight excluding hydrogens is 423 g/mol. The molecular formula is C24H29FN6O2. The summed E-state index contributed by atoms with van der Waals surface area (Å²) in [6, 6.07) is 7.85. The molecule has 33 heavy (non-hydrogen) atoms. The summed E-state index contributed by atoms with van der Waals surface area (Å²) in [6.45, 7) is 3.90. The first-order valence-corrected chi connectivity index (χ1v) is 11.4. The Bertz CT molecular complexity index is 1150. The highest BCUT2D eigenvalue weighted by molar-refractivity contribution is 5.93. The first-order chi connectivity index (χ1) is 16.0. The molecule has 0 unspecified atom stereocenters. The van der Waals surface area contributed by atoms with Crippen LogP contribution in [-0.4, -0.2) is 54.1 Å². The van der Waals surface area contributed by atoms with Crippen molar-refractivity contribution >= 4 is 22.6 Å². The van der Waals surface area contributed by atoms with Gasteiger partial charge in [0.25, 0.3) is 11.5 Å². The van der Waals surface area contributed by atoms with Gasteiger partial charge in [-0.05, 0) is 43.2 Å². The quantitative estimate of drug-likeness (QED) is 0.565. The SMILES string of the molecule is CNC(=O)c1ccc(N2CCNCC2)nc1.O=c1[nH]c(C2CCCC2)nc2ccc(F)cc12. The number of H-pyrrole nitrogens is 1. The van der Waals surface area contributed by atoms with Crippen LogP contribution in [0.5, 0.6) is 0 Å². The summed E-state index contributed by atoms with van der Waals surface area (Å²) in [5.74, 6) is 1.55. The second kappa shape index (κ2) is 10.5. The molecule has 3 heterocycles. The number of nitrogens with zero attached hydrogens (tertiary/aromatic N) is 3. The summed E-state index contributed by atoms with van der Waals surface area (Å²) in [4.78, 5) is 36.9. The van der Waals surface area contributed by atoms with Crippen molar-refractivity contribution in [1.29, 1.82) is 0 Å². The predicted molar refractivity (Wildman–Crippen MR) is 126 cm³/mol. The van der Waals surface area contributed by atoms with Gasteiger partial charge < -0.3 is 20.5 Å². The maximum atomic E-state index is 13.0. The molecule has 1 saturated heterocycles. The van der Waals surface area contributed by atoms with E-state index in [1.807, 2.05) is 12.1 Å². The molecule has 1 saturated carbocycles. The summed E-state index contributed by atoms with van der Waals surface area (Å²) in [5, 5.41) is 6.19. The van der Waals surface area contributed by atoms with Crippen molar-refractivity contribution in [3.05, 3.63) is 64.1 Å². The van der Waals surface area contributed by atoms with E-state index in [0.29, 0.717) is 22.4 Å². The fourth-order valence-corrected chi connectivity index (χ4v) is 4.27. The van der Waals surface area contributed by atoms with Gasteiger partial charge in [-0.25, -0.2) is 14.4 Å². The van der Waals surface area contributed by atoms with Crippen molar-refractivity contribution in [2.75, 3.05) is 38.1 Å². The lowest BCUT2D eigenvalue weighted by Gasteiger charge is -2.28. The van der Waals surface area contributed by atoms with Crippen molar-refractivity contribution in [2.24, 2.45) is 0 Å². The van der Waals surface area contributed by atoms with Gasteiger partial charge >= 0.3 is 0 Å². The van der Waals surface area contributed by atoms with Crippen molar-refractivity contribution in [2.45, 2.75) is 31.6 Å². The van der Waals surface area contributed by atoms with Gasteiger partial charge in [-0.2, -0.15) is 0 Å². The number of aromatic amines is 1. The second-order valence-electron chi connectivity index (χ2n) is 8.32. The van der Waals surface area contributed by atoms with Gasteiger partial charge in [0.15, 0.2) is 0 Å². The number of hydrogen-bond acceptors (Lipinski definition) is 6. The molecule has 2 fully saturated rings. The van der Waals surface area contributed by atoms with Crippen LogP contribution in [-0.2, 0) is 0 Å².